The zero-order chi connectivity index (χ0) is 12.4. The van der Waals surface area contributed by atoms with Crippen molar-refractivity contribution in [3.63, 3.8) is 0 Å². The molecule has 0 aliphatic heterocycles. The van der Waals surface area contributed by atoms with Gasteiger partial charge in [0.1, 0.15) is 0 Å². The van der Waals surface area contributed by atoms with Crippen molar-refractivity contribution in [3.05, 3.63) is 51.5 Å². The molecule has 2 aromatic carbocycles. The van der Waals surface area contributed by atoms with Gasteiger partial charge in [-0.3, -0.25) is 0 Å². The molecule has 3 N–H and O–H groups in total. The Kier molecular flexibility index (Phi) is 3.60. The zero-order valence-electron chi connectivity index (χ0n) is 9.30. The Labute approximate surface area is 114 Å². The van der Waals surface area contributed by atoms with Crippen LogP contribution in [-0.2, 0) is 0 Å². The Balaban J connectivity index is 2.31. The summed E-state index contributed by atoms with van der Waals surface area (Å²) in [6.07, 6.45) is 0. The maximum atomic E-state index is 5.96. The molecule has 2 rings (SSSR count). The molecule has 0 bridgehead atoms. The second-order valence-corrected chi connectivity index (χ2v) is 5.05. The van der Waals surface area contributed by atoms with Crippen molar-refractivity contribution in [2.75, 3.05) is 11.1 Å². The number of nitrogen functional groups attached to an aromatic ring is 1. The molecule has 0 saturated heterocycles. The fraction of sp³-hybridized carbons (Fsp3) is 0.0769. The van der Waals surface area contributed by atoms with E-state index in [0.29, 0.717) is 10.7 Å². The van der Waals surface area contributed by atoms with E-state index in [0.717, 1.165) is 15.8 Å². The van der Waals surface area contributed by atoms with Gasteiger partial charge in [0.2, 0.25) is 0 Å². The van der Waals surface area contributed by atoms with Gasteiger partial charge in [0.05, 0.1) is 16.4 Å². The van der Waals surface area contributed by atoms with Crippen LogP contribution in [-0.4, -0.2) is 0 Å². The van der Waals surface area contributed by atoms with Gasteiger partial charge >= 0.3 is 0 Å². The lowest BCUT2D eigenvalue weighted by Crippen LogP contribution is -1.97. The Morgan fingerprint density at radius 3 is 2.71 bits per heavy atom. The Morgan fingerprint density at radius 2 is 2.00 bits per heavy atom. The van der Waals surface area contributed by atoms with Crippen LogP contribution >= 0.6 is 27.5 Å². The molecule has 88 valence electrons. The predicted octanol–water partition coefficient (Wildman–Crippen LogP) is 4.74. The van der Waals surface area contributed by atoms with Gasteiger partial charge in [0, 0.05) is 10.2 Å². The van der Waals surface area contributed by atoms with Gasteiger partial charge in [0.25, 0.3) is 0 Å². The molecule has 17 heavy (non-hydrogen) atoms. The van der Waals surface area contributed by atoms with Gasteiger partial charge in [-0.2, -0.15) is 0 Å². The van der Waals surface area contributed by atoms with Crippen LogP contribution in [0.3, 0.4) is 0 Å². The van der Waals surface area contributed by atoms with E-state index in [1.54, 1.807) is 6.07 Å². The van der Waals surface area contributed by atoms with E-state index >= 15 is 0 Å². The van der Waals surface area contributed by atoms with Crippen molar-refractivity contribution >= 4 is 44.6 Å². The van der Waals surface area contributed by atoms with E-state index in [-0.39, 0.29) is 0 Å². The molecule has 2 nitrogen and oxygen atoms in total. The number of para-hydroxylation sites is 1. The van der Waals surface area contributed by atoms with Crippen LogP contribution in [0.4, 0.5) is 17.1 Å². The van der Waals surface area contributed by atoms with Crippen molar-refractivity contribution in [2.24, 2.45) is 0 Å². The van der Waals surface area contributed by atoms with Gasteiger partial charge in [-0.1, -0.05) is 39.7 Å². The monoisotopic (exact) mass is 310 g/mol. The summed E-state index contributed by atoms with van der Waals surface area (Å²) in [5.74, 6) is 0. The van der Waals surface area contributed by atoms with Crippen LogP contribution in [0.15, 0.2) is 40.9 Å². The second kappa shape index (κ2) is 4.98. The van der Waals surface area contributed by atoms with Crippen molar-refractivity contribution in [1.82, 2.24) is 0 Å². The SMILES string of the molecule is Cc1ccc(Nc2cccc(Cl)c2N)cc1Br. The Bertz CT molecular complexity index is 555. The minimum absolute atomic E-state index is 0.557. The molecule has 0 heterocycles. The Hall–Kier alpha value is -1.19. The second-order valence-electron chi connectivity index (χ2n) is 3.79. The van der Waals surface area contributed by atoms with Crippen LogP contribution in [0.2, 0.25) is 5.02 Å². The van der Waals surface area contributed by atoms with Gasteiger partial charge in [-0.15, -0.1) is 0 Å². The molecule has 0 radical (unpaired) electrons. The van der Waals surface area contributed by atoms with E-state index in [9.17, 15) is 0 Å². The number of rotatable bonds is 2. The van der Waals surface area contributed by atoms with Crippen molar-refractivity contribution in [2.45, 2.75) is 6.92 Å². The molecule has 0 aromatic heterocycles. The third-order valence-corrected chi connectivity index (χ3v) is 3.69. The number of benzene rings is 2. The number of nitrogens with two attached hydrogens (primary N) is 1. The first-order chi connectivity index (χ1) is 8.08. The molecular formula is C13H12BrClN2. The highest BCUT2D eigenvalue weighted by molar-refractivity contribution is 9.10. The molecule has 0 atom stereocenters. The quantitative estimate of drug-likeness (QED) is 0.786. The molecule has 0 unspecified atom stereocenters. The first kappa shape index (κ1) is 12.3. The Morgan fingerprint density at radius 1 is 1.24 bits per heavy atom. The van der Waals surface area contributed by atoms with Crippen LogP contribution in [0.5, 0.6) is 0 Å². The number of hydrogen-bond acceptors (Lipinski definition) is 2. The summed E-state index contributed by atoms with van der Waals surface area (Å²) in [4.78, 5) is 0. The fourth-order valence-electron chi connectivity index (χ4n) is 1.47. The van der Waals surface area contributed by atoms with Crippen LogP contribution in [0.25, 0.3) is 0 Å². The highest BCUT2D eigenvalue weighted by atomic mass is 79.9. The number of anilines is 3. The molecule has 0 aliphatic carbocycles. The maximum Gasteiger partial charge on any atom is 0.0742 e. The van der Waals surface area contributed by atoms with E-state index < -0.39 is 0 Å². The predicted molar refractivity (Wildman–Crippen MR) is 78.0 cm³/mol. The first-order valence-electron chi connectivity index (χ1n) is 5.15. The highest BCUT2D eigenvalue weighted by Crippen LogP contribution is 2.30. The molecule has 0 amide bonds. The van der Waals surface area contributed by atoms with E-state index in [1.165, 1.54) is 5.56 Å². The molecule has 2 aromatic rings. The molecule has 0 spiro atoms. The molecule has 4 heteroatoms. The van der Waals surface area contributed by atoms with E-state index in [2.05, 4.69) is 21.2 Å². The number of hydrogen-bond donors (Lipinski definition) is 2. The fourth-order valence-corrected chi connectivity index (χ4v) is 2.03. The summed E-state index contributed by atoms with van der Waals surface area (Å²) >= 11 is 9.46. The average molecular weight is 312 g/mol. The molecule has 0 saturated carbocycles. The molecule has 0 fully saturated rings. The van der Waals surface area contributed by atoms with Gasteiger partial charge in [0.15, 0.2) is 0 Å². The molecule has 0 aliphatic rings. The lowest BCUT2D eigenvalue weighted by Gasteiger charge is -2.11. The number of aryl methyl sites for hydroxylation is 1. The standard InChI is InChI=1S/C13H12BrClN2/c1-8-5-6-9(7-10(8)14)17-12-4-2-3-11(15)13(12)16/h2-7,17H,16H2,1H3. The van der Waals surface area contributed by atoms with Gasteiger partial charge in [-0.05, 0) is 36.8 Å². The van der Waals surface area contributed by atoms with Crippen molar-refractivity contribution in [3.8, 4) is 0 Å². The highest BCUT2D eigenvalue weighted by Gasteiger charge is 2.04. The van der Waals surface area contributed by atoms with Crippen LogP contribution in [0.1, 0.15) is 5.56 Å². The number of nitrogens with one attached hydrogen (secondary N) is 1. The maximum absolute atomic E-state index is 5.96. The largest absolute Gasteiger partial charge is 0.396 e. The summed E-state index contributed by atoms with van der Waals surface area (Å²) in [7, 11) is 0. The summed E-state index contributed by atoms with van der Waals surface area (Å²) in [5.41, 5.74) is 9.42. The summed E-state index contributed by atoms with van der Waals surface area (Å²) in [6.45, 7) is 2.04. The minimum Gasteiger partial charge on any atom is -0.396 e. The van der Waals surface area contributed by atoms with Gasteiger partial charge in [-0.25, -0.2) is 0 Å². The minimum atomic E-state index is 0.557. The van der Waals surface area contributed by atoms with Gasteiger partial charge < -0.3 is 11.1 Å². The first-order valence-corrected chi connectivity index (χ1v) is 6.32. The lowest BCUT2D eigenvalue weighted by molar-refractivity contribution is 1.42. The normalized spacial score (nSPS) is 10.3. The van der Waals surface area contributed by atoms with E-state index in [1.807, 2.05) is 37.3 Å². The average Bonchev–Trinajstić information content (AvgIpc) is 2.30. The summed E-state index contributed by atoms with van der Waals surface area (Å²) in [6, 6.07) is 11.6. The third kappa shape index (κ3) is 2.73. The van der Waals surface area contributed by atoms with Crippen LogP contribution in [0, 0.1) is 6.92 Å². The van der Waals surface area contributed by atoms with Crippen LogP contribution < -0.4 is 11.1 Å². The van der Waals surface area contributed by atoms with Crippen molar-refractivity contribution < 1.29 is 0 Å². The lowest BCUT2D eigenvalue weighted by atomic mass is 10.2. The van der Waals surface area contributed by atoms with Crippen molar-refractivity contribution in [1.29, 1.82) is 0 Å². The number of halogens is 2. The smallest absolute Gasteiger partial charge is 0.0742 e. The summed E-state index contributed by atoms with van der Waals surface area (Å²) in [5, 5.41) is 3.80. The van der Waals surface area contributed by atoms with E-state index in [4.69, 9.17) is 17.3 Å². The third-order valence-electron chi connectivity index (χ3n) is 2.50. The zero-order valence-corrected chi connectivity index (χ0v) is 11.6. The topological polar surface area (TPSA) is 38.0 Å². The summed E-state index contributed by atoms with van der Waals surface area (Å²) < 4.78 is 1.06. The molecular weight excluding hydrogens is 300 g/mol.